The molecule has 4 aromatic heterocycles. The van der Waals surface area contributed by atoms with E-state index in [-0.39, 0.29) is 12.1 Å². The highest BCUT2D eigenvalue weighted by molar-refractivity contribution is 5.91. The summed E-state index contributed by atoms with van der Waals surface area (Å²) >= 11 is 0. The van der Waals surface area contributed by atoms with Crippen molar-refractivity contribution in [3.8, 4) is 16.9 Å². The molecular weight excluding hydrogens is 459 g/mol. The van der Waals surface area contributed by atoms with Gasteiger partial charge in [0.2, 0.25) is 0 Å². The van der Waals surface area contributed by atoms with E-state index in [1.807, 2.05) is 0 Å². The van der Waals surface area contributed by atoms with Crippen molar-refractivity contribution >= 4 is 16.9 Å². The molecule has 1 N–H and O–H groups in total. The Kier molecular flexibility index (Phi) is 5.51. The van der Waals surface area contributed by atoms with Crippen molar-refractivity contribution in [3.63, 3.8) is 0 Å². The van der Waals surface area contributed by atoms with E-state index in [4.69, 9.17) is 0 Å². The van der Waals surface area contributed by atoms with Gasteiger partial charge in [-0.1, -0.05) is 0 Å². The summed E-state index contributed by atoms with van der Waals surface area (Å²) in [6.07, 6.45) is 0.220. The molecular formula is C24H18F3N7O. The molecule has 0 saturated heterocycles. The SMILES string of the molecule is CNc1cc(Cn2ccc(-c3nn(-c4ccc(C(F)(F)F)cc4)c4ncccc34)cc2=O)ncn1. The number of hydrogen-bond donors (Lipinski definition) is 1. The van der Waals surface area contributed by atoms with Gasteiger partial charge in [-0.15, -0.1) is 0 Å². The number of anilines is 1. The average Bonchev–Trinajstić information content (AvgIpc) is 3.25. The van der Waals surface area contributed by atoms with Crippen LogP contribution in [0.1, 0.15) is 11.3 Å². The van der Waals surface area contributed by atoms with Gasteiger partial charge in [0, 0.05) is 42.5 Å². The number of nitrogens with one attached hydrogen (secondary N) is 1. The van der Waals surface area contributed by atoms with Crippen LogP contribution in [-0.4, -0.2) is 36.3 Å². The molecule has 11 heteroatoms. The molecule has 0 unspecified atom stereocenters. The molecule has 0 amide bonds. The number of pyridine rings is 2. The van der Waals surface area contributed by atoms with E-state index in [9.17, 15) is 18.0 Å². The fourth-order valence-corrected chi connectivity index (χ4v) is 3.72. The molecule has 0 aliphatic rings. The standard InChI is InChI=1S/C24H18F3N7O/c1-28-20-12-17(30-14-31-20)13-33-10-8-15(11-21(33)35)22-19-3-2-9-29-23(19)34(32-22)18-6-4-16(5-7-18)24(25,26)27/h2-12,14H,13H2,1H3,(H,28,30,31). The van der Waals surface area contributed by atoms with Crippen LogP contribution in [-0.2, 0) is 12.7 Å². The van der Waals surface area contributed by atoms with Crippen LogP contribution in [0.4, 0.5) is 19.0 Å². The minimum Gasteiger partial charge on any atom is -0.373 e. The van der Waals surface area contributed by atoms with Gasteiger partial charge >= 0.3 is 6.18 Å². The Labute approximate surface area is 196 Å². The summed E-state index contributed by atoms with van der Waals surface area (Å²) in [7, 11) is 1.75. The number of benzene rings is 1. The molecule has 4 heterocycles. The molecule has 0 saturated carbocycles. The smallest absolute Gasteiger partial charge is 0.373 e. The van der Waals surface area contributed by atoms with E-state index in [1.165, 1.54) is 33.8 Å². The number of halogens is 3. The van der Waals surface area contributed by atoms with Gasteiger partial charge in [-0.2, -0.15) is 18.3 Å². The Morgan fingerprint density at radius 1 is 1.00 bits per heavy atom. The maximum absolute atomic E-state index is 13.0. The maximum atomic E-state index is 13.0. The molecule has 35 heavy (non-hydrogen) atoms. The minimum absolute atomic E-state index is 0.256. The second-order valence-corrected chi connectivity index (χ2v) is 7.71. The zero-order valence-electron chi connectivity index (χ0n) is 18.4. The van der Waals surface area contributed by atoms with Gasteiger partial charge in [0.25, 0.3) is 5.56 Å². The summed E-state index contributed by atoms with van der Waals surface area (Å²) < 4.78 is 41.9. The number of nitrogens with zero attached hydrogens (tertiary/aromatic N) is 6. The maximum Gasteiger partial charge on any atom is 0.416 e. The van der Waals surface area contributed by atoms with Crippen molar-refractivity contribution in [1.82, 2.24) is 29.3 Å². The second-order valence-electron chi connectivity index (χ2n) is 7.71. The highest BCUT2D eigenvalue weighted by Crippen LogP contribution is 2.31. The van der Waals surface area contributed by atoms with Gasteiger partial charge in [-0.05, 0) is 42.5 Å². The average molecular weight is 477 g/mol. The Morgan fingerprint density at radius 2 is 1.80 bits per heavy atom. The zero-order valence-corrected chi connectivity index (χ0v) is 18.4. The number of alkyl halides is 3. The topological polar surface area (TPSA) is 90.5 Å². The number of fused-ring (bicyclic) bond motifs is 1. The third kappa shape index (κ3) is 4.35. The summed E-state index contributed by atoms with van der Waals surface area (Å²) in [6, 6.07) is 13.2. The predicted molar refractivity (Wildman–Crippen MR) is 124 cm³/mol. The quantitative estimate of drug-likeness (QED) is 0.409. The van der Waals surface area contributed by atoms with E-state index >= 15 is 0 Å². The Morgan fingerprint density at radius 3 is 2.51 bits per heavy atom. The summed E-state index contributed by atoms with van der Waals surface area (Å²) in [5.41, 5.74) is 1.61. The molecule has 8 nitrogen and oxygen atoms in total. The van der Waals surface area contributed by atoms with Crippen molar-refractivity contribution in [1.29, 1.82) is 0 Å². The molecule has 176 valence electrons. The van der Waals surface area contributed by atoms with Gasteiger partial charge in [-0.3, -0.25) is 4.79 Å². The molecule has 0 fully saturated rings. The second kappa shape index (κ2) is 8.67. The molecule has 0 radical (unpaired) electrons. The van der Waals surface area contributed by atoms with Crippen LogP contribution < -0.4 is 10.9 Å². The fourth-order valence-electron chi connectivity index (χ4n) is 3.72. The predicted octanol–water partition coefficient (Wildman–Crippen LogP) is 4.15. The molecule has 0 aliphatic heterocycles. The van der Waals surface area contributed by atoms with Crippen molar-refractivity contribution in [3.05, 3.63) is 94.9 Å². The normalized spacial score (nSPS) is 11.7. The van der Waals surface area contributed by atoms with Gasteiger partial charge < -0.3 is 9.88 Å². The lowest BCUT2D eigenvalue weighted by Gasteiger charge is -2.08. The van der Waals surface area contributed by atoms with E-state index in [0.29, 0.717) is 39.5 Å². The summed E-state index contributed by atoms with van der Waals surface area (Å²) in [4.78, 5) is 25.5. The highest BCUT2D eigenvalue weighted by atomic mass is 19.4. The highest BCUT2D eigenvalue weighted by Gasteiger charge is 2.30. The van der Waals surface area contributed by atoms with Crippen LogP contribution in [0.15, 0.2) is 78.1 Å². The monoisotopic (exact) mass is 477 g/mol. The minimum atomic E-state index is -4.43. The molecule has 0 bridgehead atoms. The number of rotatable bonds is 5. The van der Waals surface area contributed by atoms with Crippen molar-refractivity contribution in [2.24, 2.45) is 0 Å². The summed E-state index contributed by atoms with van der Waals surface area (Å²) in [6.45, 7) is 0.263. The molecule has 0 spiro atoms. The zero-order chi connectivity index (χ0) is 24.6. The first-order valence-electron chi connectivity index (χ1n) is 10.5. The lowest BCUT2D eigenvalue weighted by atomic mass is 10.1. The molecule has 5 aromatic rings. The van der Waals surface area contributed by atoms with Gasteiger partial charge in [-0.25, -0.2) is 19.6 Å². The van der Waals surface area contributed by atoms with Crippen LogP contribution in [0.3, 0.4) is 0 Å². The first kappa shape index (κ1) is 22.3. The van der Waals surface area contributed by atoms with Crippen LogP contribution >= 0.6 is 0 Å². The Balaban J connectivity index is 1.53. The molecule has 0 atom stereocenters. The summed E-state index contributed by atoms with van der Waals surface area (Å²) in [5.74, 6) is 0.646. The van der Waals surface area contributed by atoms with E-state index in [2.05, 4.69) is 25.4 Å². The largest absolute Gasteiger partial charge is 0.416 e. The van der Waals surface area contributed by atoms with Crippen molar-refractivity contribution < 1.29 is 13.2 Å². The number of hydrogen-bond acceptors (Lipinski definition) is 6. The fraction of sp³-hybridized carbons (Fsp3) is 0.125. The van der Waals surface area contributed by atoms with Crippen molar-refractivity contribution in [2.75, 3.05) is 12.4 Å². The van der Waals surface area contributed by atoms with E-state index < -0.39 is 11.7 Å². The molecule has 0 aliphatic carbocycles. The van der Waals surface area contributed by atoms with E-state index in [0.717, 1.165) is 12.1 Å². The number of aromatic nitrogens is 6. The summed E-state index contributed by atoms with van der Waals surface area (Å²) in [5, 5.41) is 8.19. The third-order valence-electron chi connectivity index (χ3n) is 5.46. The lowest BCUT2D eigenvalue weighted by molar-refractivity contribution is -0.137. The molecule has 1 aromatic carbocycles. The van der Waals surface area contributed by atoms with Crippen LogP contribution in [0.5, 0.6) is 0 Å². The van der Waals surface area contributed by atoms with Gasteiger partial charge in [0.1, 0.15) is 17.8 Å². The van der Waals surface area contributed by atoms with Crippen LogP contribution in [0, 0.1) is 0 Å². The first-order chi connectivity index (χ1) is 16.8. The van der Waals surface area contributed by atoms with Gasteiger partial charge in [0.05, 0.1) is 23.5 Å². The lowest BCUT2D eigenvalue weighted by Crippen LogP contribution is -2.19. The van der Waals surface area contributed by atoms with Crippen molar-refractivity contribution in [2.45, 2.75) is 12.7 Å². The van der Waals surface area contributed by atoms with Gasteiger partial charge in [0.15, 0.2) is 5.65 Å². The first-order valence-corrected chi connectivity index (χ1v) is 10.5. The Hall–Kier alpha value is -4.54. The third-order valence-corrected chi connectivity index (χ3v) is 5.46. The van der Waals surface area contributed by atoms with Crippen LogP contribution in [0.25, 0.3) is 28.0 Å². The molecule has 5 rings (SSSR count). The van der Waals surface area contributed by atoms with E-state index in [1.54, 1.807) is 43.7 Å². The van der Waals surface area contributed by atoms with Crippen LogP contribution in [0.2, 0.25) is 0 Å². The Bertz CT molecular complexity index is 1570.